The number of fused-ring (bicyclic) bond motifs is 1. The van der Waals surface area contributed by atoms with Gasteiger partial charge in [-0.2, -0.15) is 0 Å². The number of amides is 1. The predicted molar refractivity (Wildman–Crippen MR) is 122 cm³/mol. The quantitative estimate of drug-likeness (QED) is 0.575. The van der Waals surface area contributed by atoms with Gasteiger partial charge in [-0.25, -0.2) is 4.39 Å². The molecule has 0 saturated carbocycles. The molecular formula is C25H24ClFN2O3. The molecule has 2 aromatic carbocycles. The molecular weight excluding hydrogens is 431 g/mol. The first-order valence-corrected chi connectivity index (χ1v) is 11.1. The summed E-state index contributed by atoms with van der Waals surface area (Å²) < 4.78 is 13.5. The molecule has 1 saturated heterocycles. The van der Waals surface area contributed by atoms with E-state index < -0.39 is 11.9 Å². The number of carboxylic acid groups (broad SMARTS) is 1. The van der Waals surface area contributed by atoms with E-state index in [9.17, 15) is 19.1 Å². The minimum atomic E-state index is -0.840. The number of piperidine rings is 1. The molecule has 3 aromatic rings. The van der Waals surface area contributed by atoms with Crippen molar-refractivity contribution in [2.45, 2.75) is 26.2 Å². The summed E-state index contributed by atoms with van der Waals surface area (Å²) in [6.07, 6.45) is 3.55. The van der Waals surface area contributed by atoms with Crippen molar-refractivity contribution >= 4 is 34.4 Å². The molecule has 1 aliphatic rings. The Morgan fingerprint density at radius 1 is 1.22 bits per heavy atom. The standard InChI is InChI=1S/C25H24ClFN2O3/c1-15(24(30)29-10-2-3-17(14-29)25(31)32)11-16-4-6-21-19(8-9-28-23(21)12-16)20-7-5-18(27)13-22(20)26/h4-9,12-13,15,17H,2-3,10-11,14H2,1H3,(H,31,32)/t15-,17-/m0/s1. The average molecular weight is 455 g/mol. The number of carboxylic acids is 1. The minimum absolute atomic E-state index is 0.0177. The van der Waals surface area contributed by atoms with E-state index in [1.807, 2.05) is 31.2 Å². The molecule has 4 rings (SSSR count). The van der Waals surface area contributed by atoms with Crippen LogP contribution in [0.15, 0.2) is 48.7 Å². The Labute approximate surface area is 190 Å². The van der Waals surface area contributed by atoms with Crippen LogP contribution in [0.5, 0.6) is 0 Å². The van der Waals surface area contributed by atoms with Gasteiger partial charge >= 0.3 is 5.97 Å². The molecule has 0 aliphatic carbocycles. The largest absolute Gasteiger partial charge is 0.481 e. The van der Waals surface area contributed by atoms with Crippen LogP contribution in [-0.2, 0) is 16.0 Å². The molecule has 1 aromatic heterocycles. The Hall–Kier alpha value is -2.99. The molecule has 1 amide bonds. The molecule has 1 aliphatic heterocycles. The highest BCUT2D eigenvalue weighted by Crippen LogP contribution is 2.33. The number of rotatable bonds is 5. The lowest BCUT2D eigenvalue weighted by Gasteiger charge is -2.32. The SMILES string of the molecule is C[C@@H](Cc1ccc2c(-c3ccc(F)cc3Cl)ccnc2c1)C(=O)N1CCC[C@H](C(=O)O)C1. The number of likely N-dealkylation sites (tertiary alicyclic amines) is 1. The first-order chi connectivity index (χ1) is 15.3. The van der Waals surface area contributed by atoms with Gasteiger partial charge < -0.3 is 10.0 Å². The lowest BCUT2D eigenvalue weighted by Crippen LogP contribution is -2.44. The molecule has 5 nitrogen and oxygen atoms in total. The summed E-state index contributed by atoms with van der Waals surface area (Å²) in [6.45, 7) is 2.76. The van der Waals surface area contributed by atoms with E-state index in [1.54, 1.807) is 17.2 Å². The molecule has 2 heterocycles. The van der Waals surface area contributed by atoms with E-state index in [2.05, 4.69) is 4.98 Å². The fourth-order valence-corrected chi connectivity index (χ4v) is 4.66. The van der Waals surface area contributed by atoms with E-state index in [4.69, 9.17) is 11.6 Å². The highest BCUT2D eigenvalue weighted by Gasteiger charge is 2.30. The van der Waals surface area contributed by atoms with Gasteiger partial charge in [0.15, 0.2) is 0 Å². The summed E-state index contributed by atoms with van der Waals surface area (Å²) in [6, 6.07) is 12.0. The second-order valence-electron chi connectivity index (χ2n) is 8.40. The minimum Gasteiger partial charge on any atom is -0.481 e. The number of carbonyl (C=O) groups is 2. The van der Waals surface area contributed by atoms with Crippen molar-refractivity contribution in [1.82, 2.24) is 9.88 Å². The first-order valence-electron chi connectivity index (χ1n) is 10.7. The summed E-state index contributed by atoms with van der Waals surface area (Å²) in [4.78, 5) is 30.4. The van der Waals surface area contributed by atoms with E-state index in [0.29, 0.717) is 30.8 Å². The second-order valence-corrected chi connectivity index (χ2v) is 8.81. The van der Waals surface area contributed by atoms with Crippen LogP contribution in [0, 0.1) is 17.7 Å². The number of halogens is 2. The molecule has 0 spiro atoms. The number of pyridine rings is 1. The average Bonchev–Trinajstić information content (AvgIpc) is 2.78. The fraction of sp³-hybridized carbons (Fsp3) is 0.320. The van der Waals surface area contributed by atoms with Crippen LogP contribution < -0.4 is 0 Å². The van der Waals surface area contributed by atoms with E-state index in [1.165, 1.54) is 12.1 Å². The van der Waals surface area contributed by atoms with Crippen LogP contribution in [0.25, 0.3) is 22.0 Å². The van der Waals surface area contributed by atoms with Crippen molar-refractivity contribution in [2.75, 3.05) is 13.1 Å². The Morgan fingerprint density at radius 2 is 2.03 bits per heavy atom. The lowest BCUT2D eigenvalue weighted by atomic mass is 9.94. The maximum Gasteiger partial charge on any atom is 0.308 e. The fourth-order valence-electron chi connectivity index (χ4n) is 4.39. The number of hydrogen-bond donors (Lipinski definition) is 1. The van der Waals surface area contributed by atoms with Gasteiger partial charge in [0, 0.05) is 36.2 Å². The van der Waals surface area contributed by atoms with Gasteiger partial charge in [0.2, 0.25) is 5.91 Å². The van der Waals surface area contributed by atoms with Crippen molar-refractivity contribution in [3.05, 3.63) is 65.1 Å². The zero-order chi connectivity index (χ0) is 22.8. The van der Waals surface area contributed by atoms with E-state index >= 15 is 0 Å². The van der Waals surface area contributed by atoms with Crippen molar-refractivity contribution in [3.8, 4) is 11.1 Å². The Bertz CT molecular complexity index is 1180. The van der Waals surface area contributed by atoms with Crippen molar-refractivity contribution in [1.29, 1.82) is 0 Å². The number of hydrogen-bond acceptors (Lipinski definition) is 3. The third kappa shape index (κ3) is 4.60. The summed E-state index contributed by atoms with van der Waals surface area (Å²) in [5.74, 6) is -2.00. The molecule has 0 bridgehead atoms. The summed E-state index contributed by atoms with van der Waals surface area (Å²) >= 11 is 6.26. The van der Waals surface area contributed by atoms with Gasteiger partial charge in [-0.1, -0.05) is 30.7 Å². The molecule has 0 radical (unpaired) electrons. The molecule has 32 heavy (non-hydrogen) atoms. The molecule has 0 unspecified atom stereocenters. The lowest BCUT2D eigenvalue weighted by molar-refractivity contribution is -0.146. The Morgan fingerprint density at radius 3 is 2.78 bits per heavy atom. The van der Waals surface area contributed by atoms with Crippen LogP contribution in [0.1, 0.15) is 25.3 Å². The Kier molecular flexibility index (Phi) is 6.42. The van der Waals surface area contributed by atoms with Gasteiger partial charge in [0.25, 0.3) is 0 Å². The van der Waals surface area contributed by atoms with Gasteiger partial charge in [-0.05, 0) is 60.7 Å². The van der Waals surface area contributed by atoms with Crippen molar-refractivity contribution in [3.63, 3.8) is 0 Å². The van der Waals surface area contributed by atoms with Crippen LogP contribution in [0.4, 0.5) is 4.39 Å². The zero-order valence-corrected chi connectivity index (χ0v) is 18.5. The van der Waals surface area contributed by atoms with Crippen LogP contribution >= 0.6 is 11.6 Å². The van der Waals surface area contributed by atoms with Gasteiger partial charge in [-0.3, -0.25) is 14.6 Å². The molecule has 2 atom stereocenters. The third-order valence-corrected chi connectivity index (χ3v) is 6.39. The number of nitrogens with zero attached hydrogens (tertiary/aromatic N) is 2. The smallest absolute Gasteiger partial charge is 0.308 e. The van der Waals surface area contributed by atoms with Gasteiger partial charge in [-0.15, -0.1) is 0 Å². The van der Waals surface area contributed by atoms with Crippen molar-refractivity contribution < 1.29 is 19.1 Å². The number of benzene rings is 2. The van der Waals surface area contributed by atoms with Gasteiger partial charge in [0.05, 0.1) is 16.5 Å². The summed E-state index contributed by atoms with van der Waals surface area (Å²) in [7, 11) is 0. The highest BCUT2D eigenvalue weighted by atomic mass is 35.5. The van der Waals surface area contributed by atoms with Crippen LogP contribution in [0.3, 0.4) is 0 Å². The van der Waals surface area contributed by atoms with Gasteiger partial charge in [0.1, 0.15) is 5.82 Å². The monoisotopic (exact) mass is 454 g/mol. The number of aliphatic carboxylic acids is 1. The zero-order valence-electron chi connectivity index (χ0n) is 17.7. The summed E-state index contributed by atoms with van der Waals surface area (Å²) in [5.41, 5.74) is 3.34. The first kappa shape index (κ1) is 22.2. The third-order valence-electron chi connectivity index (χ3n) is 6.07. The number of carbonyl (C=O) groups excluding carboxylic acids is 1. The maximum atomic E-state index is 13.5. The molecule has 7 heteroatoms. The van der Waals surface area contributed by atoms with E-state index in [-0.39, 0.29) is 24.2 Å². The molecule has 1 N–H and O–H groups in total. The van der Waals surface area contributed by atoms with Crippen LogP contribution in [0.2, 0.25) is 5.02 Å². The molecule has 1 fully saturated rings. The topological polar surface area (TPSA) is 70.5 Å². The predicted octanol–water partition coefficient (Wildman–Crippen LogP) is 5.20. The maximum absolute atomic E-state index is 13.5. The normalized spacial score (nSPS) is 17.3. The molecule has 166 valence electrons. The summed E-state index contributed by atoms with van der Waals surface area (Å²) in [5, 5.41) is 10.5. The van der Waals surface area contributed by atoms with E-state index in [0.717, 1.165) is 27.6 Å². The highest BCUT2D eigenvalue weighted by molar-refractivity contribution is 6.33. The van der Waals surface area contributed by atoms with Crippen molar-refractivity contribution in [2.24, 2.45) is 11.8 Å². The number of aromatic nitrogens is 1. The second kappa shape index (κ2) is 9.25. The Balaban J connectivity index is 1.54. The van der Waals surface area contributed by atoms with Crippen LogP contribution in [-0.4, -0.2) is 40.0 Å².